The number of nitrogen functional groups attached to an aromatic ring is 1. The maximum atomic E-state index is 15.0. The summed E-state index contributed by atoms with van der Waals surface area (Å²) in [5.41, 5.74) is 4.64. The molecule has 1 aliphatic heterocycles. The normalized spacial score (nSPS) is 28.2. The molecule has 1 aromatic heterocycles. The number of anilines is 1. The molecule has 1 aliphatic rings. The van der Waals surface area contributed by atoms with Crippen molar-refractivity contribution in [2.24, 2.45) is 0 Å². The van der Waals surface area contributed by atoms with Crippen molar-refractivity contribution in [2.75, 3.05) is 19.5 Å². The van der Waals surface area contributed by atoms with Gasteiger partial charge in [-0.2, -0.15) is 4.98 Å². The average Bonchev–Trinajstić information content (AvgIpc) is 2.80. The molecule has 0 saturated carbocycles. The summed E-state index contributed by atoms with van der Waals surface area (Å²) in [7, 11) is 1.35. The van der Waals surface area contributed by atoms with Crippen molar-refractivity contribution in [1.29, 1.82) is 0 Å². The molecule has 4 atom stereocenters. The van der Waals surface area contributed by atoms with Gasteiger partial charge in [0.05, 0.1) is 6.61 Å². The smallest absolute Gasteiger partial charge is 0.351 e. The quantitative estimate of drug-likeness (QED) is 0.409. The molecule has 26 heavy (non-hydrogen) atoms. The molecule has 2 N–H and O–H groups in total. The van der Waals surface area contributed by atoms with E-state index in [-0.39, 0.29) is 18.8 Å². The zero-order chi connectivity index (χ0) is 19.3. The van der Waals surface area contributed by atoms with E-state index < -0.39 is 35.2 Å². The Morgan fingerprint density at radius 2 is 2.27 bits per heavy atom. The number of rotatable bonds is 8. The van der Waals surface area contributed by atoms with Crippen LogP contribution in [0, 0.1) is 0 Å². The SMILES string of the molecule is CCCCCC(=O)O[C@H]1[C@@H](F)[C@H](n2ccc(N)nc2=O)O[C@]1(Cl)COC. The predicted octanol–water partition coefficient (Wildman–Crippen LogP) is 1.77. The molecule has 0 amide bonds. The number of aromatic nitrogens is 2. The van der Waals surface area contributed by atoms with Crippen LogP contribution in [-0.4, -0.2) is 46.6 Å². The second-order valence-electron chi connectivity index (χ2n) is 6.08. The van der Waals surface area contributed by atoms with Gasteiger partial charge < -0.3 is 19.9 Å². The standard InChI is InChI=1S/C16H23ClFN3O5/c1-3-4-5-6-11(22)25-13-12(18)14(26-16(13,17)9-24-2)21-8-7-10(19)20-15(21)23/h7-8,12-14H,3-6,9H2,1-2H3,(H2,19,20,23)/t12-,13+,14-,16-/m1/s1. The molecule has 0 spiro atoms. The molecule has 1 aromatic rings. The number of unbranched alkanes of at least 4 members (excludes halogenated alkanes) is 2. The Bertz CT molecular complexity index is 688. The first-order chi connectivity index (χ1) is 12.3. The van der Waals surface area contributed by atoms with Crippen LogP contribution >= 0.6 is 11.6 Å². The average molecular weight is 392 g/mol. The molecule has 0 radical (unpaired) electrons. The van der Waals surface area contributed by atoms with Crippen LogP contribution in [0.15, 0.2) is 17.1 Å². The first-order valence-electron chi connectivity index (χ1n) is 8.36. The minimum absolute atomic E-state index is 0.00687. The molecule has 146 valence electrons. The zero-order valence-corrected chi connectivity index (χ0v) is 15.4. The first-order valence-corrected chi connectivity index (χ1v) is 8.74. The lowest BCUT2D eigenvalue weighted by molar-refractivity contribution is -0.158. The van der Waals surface area contributed by atoms with Crippen molar-refractivity contribution in [1.82, 2.24) is 9.55 Å². The van der Waals surface area contributed by atoms with Gasteiger partial charge in [-0.1, -0.05) is 31.4 Å². The van der Waals surface area contributed by atoms with Gasteiger partial charge in [0.1, 0.15) is 5.82 Å². The third-order valence-electron chi connectivity index (χ3n) is 4.01. The van der Waals surface area contributed by atoms with E-state index in [0.29, 0.717) is 6.42 Å². The summed E-state index contributed by atoms with van der Waals surface area (Å²) in [5, 5.41) is -1.76. The second-order valence-corrected chi connectivity index (χ2v) is 6.72. The van der Waals surface area contributed by atoms with Gasteiger partial charge in [0, 0.05) is 19.7 Å². The van der Waals surface area contributed by atoms with Crippen LogP contribution in [-0.2, 0) is 19.0 Å². The van der Waals surface area contributed by atoms with Gasteiger partial charge in [0.2, 0.25) is 5.06 Å². The number of carbonyl (C=O) groups excluding carboxylic acids is 1. The van der Waals surface area contributed by atoms with Crippen LogP contribution in [0.4, 0.5) is 10.2 Å². The molecule has 1 saturated heterocycles. The lowest BCUT2D eigenvalue weighted by Gasteiger charge is -2.26. The fourth-order valence-electron chi connectivity index (χ4n) is 2.74. The van der Waals surface area contributed by atoms with Crippen molar-refractivity contribution >= 4 is 23.4 Å². The maximum absolute atomic E-state index is 15.0. The Morgan fingerprint density at radius 1 is 1.54 bits per heavy atom. The van der Waals surface area contributed by atoms with Crippen LogP contribution in [0.1, 0.15) is 38.8 Å². The summed E-state index contributed by atoms with van der Waals surface area (Å²) in [5.74, 6) is -0.591. The highest BCUT2D eigenvalue weighted by Crippen LogP contribution is 2.43. The van der Waals surface area contributed by atoms with E-state index in [1.54, 1.807) is 0 Å². The maximum Gasteiger partial charge on any atom is 0.351 e. The van der Waals surface area contributed by atoms with E-state index in [0.717, 1.165) is 17.4 Å². The number of esters is 1. The third-order valence-corrected chi connectivity index (χ3v) is 4.43. The minimum Gasteiger partial charge on any atom is -0.454 e. The monoisotopic (exact) mass is 391 g/mol. The van der Waals surface area contributed by atoms with E-state index in [9.17, 15) is 9.59 Å². The molecular formula is C16H23ClFN3O5. The fraction of sp³-hybridized carbons (Fsp3) is 0.688. The molecule has 2 heterocycles. The summed E-state index contributed by atoms with van der Waals surface area (Å²) < 4.78 is 31.7. The van der Waals surface area contributed by atoms with Crippen LogP contribution in [0.25, 0.3) is 0 Å². The van der Waals surface area contributed by atoms with Gasteiger partial charge in [0.25, 0.3) is 0 Å². The van der Waals surface area contributed by atoms with Gasteiger partial charge in [-0.25, -0.2) is 9.18 Å². The van der Waals surface area contributed by atoms with Crippen molar-refractivity contribution in [3.63, 3.8) is 0 Å². The van der Waals surface area contributed by atoms with Crippen molar-refractivity contribution < 1.29 is 23.4 Å². The van der Waals surface area contributed by atoms with E-state index >= 15 is 4.39 Å². The van der Waals surface area contributed by atoms with Crippen LogP contribution in [0.5, 0.6) is 0 Å². The summed E-state index contributed by atoms with van der Waals surface area (Å²) in [6.45, 7) is 1.76. The number of ether oxygens (including phenoxy) is 3. The molecule has 0 aliphatic carbocycles. The number of methoxy groups -OCH3 is 1. The van der Waals surface area contributed by atoms with Gasteiger partial charge >= 0.3 is 11.7 Å². The van der Waals surface area contributed by atoms with E-state index in [4.69, 9.17) is 31.5 Å². The van der Waals surface area contributed by atoms with Crippen molar-refractivity contribution in [3.8, 4) is 0 Å². The van der Waals surface area contributed by atoms with Gasteiger partial charge in [-0.15, -0.1) is 0 Å². The third kappa shape index (κ3) is 4.52. The van der Waals surface area contributed by atoms with E-state index in [1.165, 1.54) is 19.4 Å². The van der Waals surface area contributed by atoms with Gasteiger partial charge in [0.15, 0.2) is 18.5 Å². The van der Waals surface area contributed by atoms with Gasteiger partial charge in [-0.3, -0.25) is 9.36 Å². The number of hydrogen-bond acceptors (Lipinski definition) is 7. The van der Waals surface area contributed by atoms with Gasteiger partial charge in [-0.05, 0) is 12.5 Å². The fourth-order valence-corrected chi connectivity index (χ4v) is 3.10. The lowest BCUT2D eigenvalue weighted by Crippen LogP contribution is -2.44. The molecule has 10 heteroatoms. The molecule has 0 unspecified atom stereocenters. The number of nitrogens with zero attached hydrogens (tertiary/aromatic N) is 2. The molecule has 1 fully saturated rings. The highest BCUT2D eigenvalue weighted by molar-refractivity contribution is 6.23. The number of hydrogen-bond donors (Lipinski definition) is 1. The Balaban J connectivity index is 2.22. The predicted molar refractivity (Wildman–Crippen MR) is 92.4 cm³/mol. The summed E-state index contributed by atoms with van der Waals surface area (Å²) >= 11 is 6.34. The number of carbonyl (C=O) groups is 1. The summed E-state index contributed by atoms with van der Waals surface area (Å²) in [6.07, 6.45) is -0.935. The molecule has 0 aromatic carbocycles. The number of alkyl halides is 2. The molecule has 0 bridgehead atoms. The van der Waals surface area contributed by atoms with Crippen LogP contribution in [0.2, 0.25) is 0 Å². The minimum atomic E-state index is -1.89. The van der Waals surface area contributed by atoms with E-state index in [1.807, 2.05) is 6.92 Å². The Kier molecular flexibility index (Phi) is 6.96. The van der Waals surface area contributed by atoms with Crippen molar-refractivity contribution in [3.05, 3.63) is 22.7 Å². The molecule has 8 nitrogen and oxygen atoms in total. The zero-order valence-electron chi connectivity index (χ0n) is 14.7. The molecule has 2 rings (SSSR count). The topological polar surface area (TPSA) is 106 Å². The first kappa shape index (κ1) is 20.6. The van der Waals surface area contributed by atoms with Crippen LogP contribution < -0.4 is 11.4 Å². The highest BCUT2D eigenvalue weighted by atomic mass is 35.5. The summed E-state index contributed by atoms with van der Waals surface area (Å²) in [4.78, 5) is 27.6. The number of halogens is 2. The second kappa shape index (κ2) is 8.79. The Hall–Kier alpha value is -1.71. The Morgan fingerprint density at radius 3 is 2.88 bits per heavy atom. The van der Waals surface area contributed by atoms with Crippen LogP contribution in [0.3, 0.4) is 0 Å². The highest BCUT2D eigenvalue weighted by Gasteiger charge is 2.58. The summed E-state index contributed by atoms with van der Waals surface area (Å²) in [6, 6.07) is 1.33. The lowest BCUT2D eigenvalue weighted by atomic mass is 10.1. The largest absolute Gasteiger partial charge is 0.454 e. The number of nitrogens with two attached hydrogens (primary N) is 1. The van der Waals surface area contributed by atoms with E-state index in [2.05, 4.69) is 4.98 Å². The Labute approximate surface area is 155 Å². The van der Waals surface area contributed by atoms with Crippen molar-refractivity contribution in [2.45, 2.75) is 56.2 Å². The molecular weight excluding hydrogens is 369 g/mol.